The molecule has 2 aromatic carbocycles. The Bertz CT molecular complexity index is 846. The molecule has 0 fully saturated rings. The average Bonchev–Trinajstić information content (AvgIpc) is 2.84. The molecule has 0 aromatic heterocycles. The Morgan fingerprint density at radius 2 is 0.971 bits per heavy atom. The molecule has 2 N–H and O–H groups in total. The van der Waals surface area contributed by atoms with Crippen LogP contribution < -0.4 is 9.80 Å². The lowest BCUT2D eigenvalue weighted by atomic mass is 10.00. The molecular weight excluding hydrogens is 472 g/mol. The van der Waals surface area contributed by atoms with Crippen LogP contribution in [0.25, 0.3) is 0 Å². The molecule has 2 aromatic rings. The van der Waals surface area contributed by atoms with E-state index in [0.717, 1.165) is 48.2 Å². The van der Waals surface area contributed by atoms with Crippen molar-refractivity contribution in [1.82, 2.24) is 0 Å². The van der Waals surface area contributed by atoms with Crippen molar-refractivity contribution in [3.63, 3.8) is 0 Å². The van der Waals surface area contributed by atoms with E-state index in [1.165, 1.54) is 38.5 Å². The van der Waals surface area contributed by atoms with Gasteiger partial charge in [0.1, 0.15) is 0 Å². The van der Waals surface area contributed by atoms with Crippen molar-refractivity contribution in [3.8, 4) is 0 Å². The van der Waals surface area contributed by atoms with Crippen molar-refractivity contribution in [2.75, 3.05) is 22.9 Å². The fourth-order valence-electron chi connectivity index (χ4n) is 4.44. The summed E-state index contributed by atoms with van der Waals surface area (Å²) in [4.78, 5) is 3.70. The molecule has 2 rings (SSSR count). The predicted octanol–water partition coefficient (Wildman–Crippen LogP) is 8.52. The molecule has 0 amide bonds. The van der Waals surface area contributed by atoms with Crippen molar-refractivity contribution < 1.29 is 10.2 Å². The zero-order chi connectivity index (χ0) is 25.5. The highest BCUT2D eigenvalue weighted by atomic mass is 32.1. The van der Waals surface area contributed by atoms with Gasteiger partial charge in [-0.2, -0.15) is 0 Å². The molecule has 0 saturated carbocycles. The number of thiocarbonyl (C=S) groups is 2. The van der Waals surface area contributed by atoms with Crippen molar-refractivity contribution >= 4 is 46.2 Å². The van der Waals surface area contributed by atoms with Gasteiger partial charge in [0.2, 0.25) is 0 Å². The van der Waals surface area contributed by atoms with Gasteiger partial charge in [-0.25, -0.2) is 0 Å². The molecule has 6 heteroatoms. The Balaban J connectivity index is 2.23. The SMILES string of the molecule is CCCCCCCN(C(O)=S)c1ccccc1Cc1ccccc1N(CCCCCCC)C(O)=S. The minimum absolute atomic E-state index is 0.0912. The van der Waals surface area contributed by atoms with Gasteiger partial charge < -0.3 is 20.0 Å². The minimum Gasteiger partial charge on any atom is -0.486 e. The standard InChI is InChI=1S/C29H42N2O2S2/c1-3-5-7-9-15-21-30(28(32)34)26-19-13-11-17-24(26)23-25-18-12-14-20-27(25)31(29(33)35)22-16-10-8-6-4-2/h11-14,17-20H,3-10,15-16,21-23H2,1-2H3,(H,32,34)(H,33,35). The van der Waals surface area contributed by atoms with E-state index < -0.39 is 0 Å². The van der Waals surface area contributed by atoms with Gasteiger partial charge in [0, 0.05) is 30.9 Å². The minimum atomic E-state index is -0.0912. The first kappa shape index (κ1) is 29.1. The lowest BCUT2D eigenvalue weighted by Crippen LogP contribution is -2.32. The lowest BCUT2D eigenvalue weighted by Gasteiger charge is -2.27. The van der Waals surface area contributed by atoms with Crippen LogP contribution in [0.3, 0.4) is 0 Å². The highest BCUT2D eigenvalue weighted by Crippen LogP contribution is 2.29. The van der Waals surface area contributed by atoms with Crippen LogP contribution in [0.4, 0.5) is 11.4 Å². The molecule has 0 aliphatic carbocycles. The highest BCUT2D eigenvalue weighted by molar-refractivity contribution is 7.80. The average molecular weight is 515 g/mol. The summed E-state index contributed by atoms with van der Waals surface area (Å²) in [7, 11) is 0. The van der Waals surface area contributed by atoms with Gasteiger partial charge in [-0.05, 0) is 60.5 Å². The number of rotatable bonds is 16. The number of aliphatic hydroxyl groups excluding tert-OH is 2. The molecule has 0 saturated heterocycles. The van der Waals surface area contributed by atoms with Crippen LogP contribution in [-0.4, -0.2) is 33.7 Å². The fourth-order valence-corrected chi connectivity index (χ4v) is 4.82. The normalized spacial score (nSPS) is 10.8. The van der Waals surface area contributed by atoms with E-state index in [4.69, 9.17) is 24.4 Å². The zero-order valence-corrected chi connectivity index (χ0v) is 23.0. The van der Waals surface area contributed by atoms with Crippen LogP contribution in [0.5, 0.6) is 0 Å². The van der Waals surface area contributed by atoms with E-state index in [0.29, 0.717) is 19.5 Å². The zero-order valence-electron chi connectivity index (χ0n) is 21.4. The van der Waals surface area contributed by atoms with Crippen LogP contribution in [0.15, 0.2) is 48.5 Å². The van der Waals surface area contributed by atoms with E-state index in [2.05, 4.69) is 26.0 Å². The Morgan fingerprint density at radius 1 is 0.600 bits per heavy atom. The second-order valence-corrected chi connectivity index (χ2v) is 9.86. The molecule has 0 heterocycles. The van der Waals surface area contributed by atoms with Crippen LogP contribution >= 0.6 is 24.4 Å². The fraction of sp³-hybridized carbons (Fsp3) is 0.517. The summed E-state index contributed by atoms with van der Waals surface area (Å²) in [6, 6.07) is 16.2. The van der Waals surface area contributed by atoms with Gasteiger partial charge in [0.05, 0.1) is 0 Å². The van der Waals surface area contributed by atoms with Gasteiger partial charge in [0.25, 0.3) is 10.3 Å². The van der Waals surface area contributed by atoms with Crippen LogP contribution in [0.2, 0.25) is 0 Å². The Kier molecular flexibility index (Phi) is 13.7. The topological polar surface area (TPSA) is 46.9 Å². The lowest BCUT2D eigenvalue weighted by molar-refractivity contribution is 0.541. The van der Waals surface area contributed by atoms with Crippen LogP contribution in [-0.2, 0) is 6.42 Å². The van der Waals surface area contributed by atoms with Crippen molar-refractivity contribution in [1.29, 1.82) is 0 Å². The molecule has 0 aliphatic heterocycles. The van der Waals surface area contributed by atoms with Crippen LogP contribution in [0.1, 0.15) is 89.2 Å². The number of unbranched alkanes of at least 4 members (excludes halogenated alkanes) is 8. The molecule has 35 heavy (non-hydrogen) atoms. The van der Waals surface area contributed by atoms with E-state index in [1.807, 2.05) is 46.2 Å². The monoisotopic (exact) mass is 514 g/mol. The third kappa shape index (κ3) is 9.77. The van der Waals surface area contributed by atoms with Gasteiger partial charge in [0.15, 0.2) is 0 Å². The Morgan fingerprint density at radius 3 is 1.34 bits per heavy atom. The maximum Gasteiger partial charge on any atom is 0.261 e. The predicted molar refractivity (Wildman–Crippen MR) is 158 cm³/mol. The number of nitrogens with zero attached hydrogens (tertiary/aromatic N) is 2. The molecule has 0 bridgehead atoms. The summed E-state index contributed by atoms with van der Waals surface area (Å²) in [5.41, 5.74) is 4.03. The molecule has 192 valence electrons. The van der Waals surface area contributed by atoms with Gasteiger partial charge in [-0.1, -0.05) is 102 Å². The number of hydrogen-bond acceptors (Lipinski definition) is 2. The molecule has 4 nitrogen and oxygen atoms in total. The summed E-state index contributed by atoms with van der Waals surface area (Å²) < 4.78 is 0. The number of hydrogen-bond donors (Lipinski definition) is 2. The van der Waals surface area contributed by atoms with Crippen LogP contribution in [0, 0.1) is 0 Å². The van der Waals surface area contributed by atoms with Gasteiger partial charge in [-0.3, -0.25) is 0 Å². The first-order valence-corrected chi connectivity index (χ1v) is 14.0. The van der Waals surface area contributed by atoms with Crippen molar-refractivity contribution in [2.24, 2.45) is 0 Å². The molecule has 0 atom stereocenters. The summed E-state index contributed by atoms with van der Waals surface area (Å²) in [6.07, 6.45) is 12.1. The quantitative estimate of drug-likeness (QED) is 0.173. The summed E-state index contributed by atoms with van der Waals surface area (Å²) in [6.45, 7) is 5.81. The molecule has 0 unspecified atom stereocenters. The van der Waals surface area contributed by atoms with E-state index in [9.17, 15) is 10.2 Å². The Hall–Kier alpha value is -2.18. The van der Waals surface area contributed by atoms with Gasteiger partial charge in [-0.15, -0.1) is 0 Å². The van der Waals surface area contributed by atoms with Gasteiger partial charge >= 0.3 is 0 Å². The first-order chi connectivity index (χ1) is 17.0. The second kappa shape index (κ2) is 16.5. The smallest absolute Gasteiger partial charge is 0.261 e. The third-order valence-corrected chi connectivity index (χ3v) is 6.82. The summed E-state index contributed by atoms with van der Waals surface area (Å²) in [5, 5.41) is 20.5. The van der Waals surface area contributed by atoms with Crippen molar-refractivity contribution in [2.45, 2.75) is 84.5 Å². The maximum absolute atomic E-state index is 10.3. The van der Waals surface area contributed by atoms with E-state index >= 15 is 0 Å². The largest absolute Gasteiger partial charge is 0.486 e. The molecule has 0 spiro atoms. The van der Waals surface area contributed by atoms with E-state index in [1.54, 1.807) is 0 Å². The molecule has 0 aliphatic rings. The maximum atomic E-state index is 10.3. The Labute approximate surface area is 223 Å². The highest BCUT2D eigenvalue weighted by Gasteiger charge is 2.18. The number of anilines is 2. The first-order valence-electron chi connectivity index (χ1n) is 13.2. The van der Waals surface area contributed by atoms with Crippen molar-refractivity contribution in [3.05, 3.63) is 59.7 Å². The third-order valence-electron chi connectivity index (χ3n) is 6.38. The number of para-hydroxylation sites is 2. The summed E-state index contributed by atoms with van der Waals surface area (Å²) >= 11 is 10.5. The number of benzene rings is 2. The summed E-state index contributed by atoms with van der Waals surface area (Å²) in [5.74, 6) is 0. The number of aliphatic hydroxyl groups is 2. The molecular formula is C29H42N2O2S2. The van der Waals surface area contributed by atoms with E-state index in [-0.39, 0.29) is 10.3 Å². The molecule has 0 radical (unpaired) electrons. The second-order valence-electron chi connectivity index (χ2n) is 9.13.